The van der Waals surface area contributed by atoms with E-state index in [1.165, 1.54) is 47.5 Å². The minimum absolute atomic E-state index is 0.161. The number of non-ortho nitro benzene ring substituents is 1. The van der Waals surface area contributed by atoms with Crippen molar-refractivity contribution < 1.29 is 23.7 Å². The van der Waals surface area contributed by atoms with Gasteiger partial charge in [0.05, 0.1) is 34.7 Å². The Hall–Kier alpha value is -4.73. The first kappa shape index (κ1) is 22.7. The van der Waals surface area contributed by atoms with Crippen LogP contribution in [0.3, 0.4) is 0 Å². The van der Waals surface area contributed by atoms with Crippen molar-refractivity contribution in [3.05, 3.63) is 105 Å². The Morgan fingerprint density at radius 2 is 1.70 bits per heavy atom. The van der Waals surface area contributed by atoms with Crippen LogP contribution in [0.25, 0.3) is 0 Å². The van der Waals surface area contributed by atoms with E-state index in [4.69, 9.17) is 0 Å². The van der Waals surface area contributed by atoms with Gasteiger partial charge in [0.25, 0.3) is 5.69 Å². The van der Waals surface area contributed by atoms with Crippen LogP contribution in [0.2, 0.25) is 0 Å². The van der Waals surface area contributed by atoms with Crippen molar-refractivity contribution in [3.63, 3.8) is 0 Å². The van der Waals surface area contributed by atoms with Crippen molar-refractivity contribution in [1.82, 2.24) is 5.01 Å². The second-order valence-corrected chi connectivity index (χ2v) is 9.31. The van der Waals surface area contributed by atoms with E-state index in [2.05, 4.69) is 5.10 Å². The van der Waals surface area contributed by atoms with Gasteiger partial charge in [0, 0.05) is 17.7 Å². The van der Waals surface area contributed by atoms with E-state index in [0.717, 1.165) is 16.0 Å². The molecule has 6 rings (SSSR count). The van der Waals surface area contributed by atoms with E-state index in [1.54, 1.807) is 13.1 Å². The number of hydrogen-bond donors (Lipinski definition) is 0. The van der Waals surface area contributed by atoms with Gasteiger partial charge in [-0.15, -0.1) is 0 Å². The van der Waals surface area contributed by atoms with Crippen molar-refractivity contribution in [2.45, 2.75) is 19.0 Å². The van der Waals surface area contributed by atoms with Gasteiger partial charge in [-0.3, -0.25) is 29.5 Å². The molecule has 4 atom stereocenters. The Morgan fingerprint density at radius 3 is 2.41 bits per heavy atom. The molecule has 2 saturated heterocycles. The molecule has 2 amide bonds. The van der Waals surface area contributed by atoms with E-state index in [0.29, 0.717) is 5.56 Å². The number of ketones is 1. The number of hydrazone groups is 1. The maximum atomic E-state index is 13.9. The van der Waals surface area contributed by atoms with Crippen LogP contribution >= 0.6 is 0 Å². The standard InChI is InChI=1S/C27H19FN4O5/c1-14-12-18(32(36)37)10-11-20(14)30-26(34)21-22(27(30)35)24(25(33)15-6-8-17(28)9-7-15)31-23(21)19-5-3-2-4-16(19)13-29-31/h2-13,21-24H,1H3/t21-,22+,23+,24+/m0/s1. The molecule has 9 nitrogen and oxygen atoms in total. The molecule has 0 N–H and O–H groups in total. The summed E-state index contributed by atoms with van der Waals surface area (Å²) in [5.41, 5.74) is 2.21. The van der Waals surface area contributed by atoms with Gasteiger partial charge in [0.2, 0.25) is 11.8 Å². The molecule has 3 aliphatic rings. The summed E-state index contributed by atoms with van der Waals surface area (Å²) < 4.78 is 13.6. The van der Waals surface area contributed by atoms with Crippen LogP contribution in [0, 0.1) is 34.7 Å². The Labute approximate surface area is 210 Å². The summed E-state index contributed by atoms with van der Waals surface area (Å²) in [6.07, 6.45) is 1.60. The number of carbonyl (C=O) groups is 3. The number of halogens is 1. The number of nitrogens with zero attached hydrogens (tertiary/aromatic N) is 4. The molecule has 0 bridgehead atoms. The molecule has 2 fully saturated rings. The Balaban J connectivity index is 1.49. The Kier molecular flexibility index (Phi) is 5.01. The highest BCUT2D eigenvalue weighted by atomic mass is 19.1. The summed E-state index contributed by atoms with van der Waals surface area (Å²) in [5, 5.41) is 17.2. The molecule has 0 saturated carbocycles. The summed E-state index contributed by atoms with van der Waals surface area (Å²) in [4.78, 5) is 53.3. The number of hydrogen-bond acceptors (Lipinski definition) is 7. The monoisotopic (exact) mass is 498 g/mol. The van der Waals surface area contributed by atoms with E-state index in [1.807, 2.05) is 24.3 Å². The molecule has 3 heterocycles. The average molecular weight is 498 g/mol. The summed E-state index contributed by atoms with van der Waals surface area (Å²) >= 11 is 0. The number of rotatable bonds is 4. The fraction of sp³-hybridized carbons (Fsp3) is 0.185. The third-order valence-corrected chi connectivity index (χ3v) is 7.32. The number of nitro groups is 1. The molecule has 37 heavy (non-hydrogen) atoms. The highest BCUT2D eigenvalue weighted by Crippen LogP contribution is 2.53. The van der Waals surface area contributed by atoms with Crippen molar-refractivity contribution in [2.24, 2.45) is 16.9 Å². The fourth-order valence-electron chi connectivity index (χ4n) is 5.69. The molecule has 0 aliphatic carbocycles. The van der Waals surface area contributed by atoms with Crippen LogP contribution in [0.15, 0.2) is 71.8 Å². The molecule has 3 aliphatic heterocycles. The number of aryl methyl sites for hydroxylation is 1. The normalized spacial score (nSPS) is 23.6. The van der Waals surface area contributed by atoms with Gasteiger partial charge in [-0.05, 0) is 53.9 Å². The predicted octanol–water partition coefficient (Wildman–Crippen LogP) is 3.80. The number of fused-ring (bicyclic) bond motifs is 5. The number of carbonyl (C=O) groups excluding carboxylic acids is 3. The predicted molar refractivity (Wildman–Crippen MR) is 130 cm³/mol. The number of benzene rings is 3. The lowest BCUT2D eigenvalue weighted by Crippen LogP contribution is -2.44. The highest BCUT2D eigenvalue weighted by Gasteiger charge is 2.65. The smallest absolute Gasteiger partial charge is 0.269 e. The molecular weight excluding hydrogens is 479 g/mol. The van der Waals surface area contributed by atoms with Gasteiger partial charge in [0.15, 0.2) is 5.78 Å². The summed E-state index contributed by atoms with van der Waals surface area (Å²) in [6, 6.07) is 14.5. The van der Waals surface area contributed by atoms with Crippen LogP contribution in [-0.2, 0) is 9.59 Å². The number of nitro benzene ring substituents is 1. The molecule has 10 heteroatoms. The minimum atomic E-state index is -1.09. The number of amides is 2. The van der Waals surface area contributed by atoms with Crippen LogP contribution in [-0.4, -0.2) is 39.8 Å². The van der Waals surface area contributed by atoms with Crippen molar-refractivity contribution in [1.29, 1.82) is 0 Å². The Bertz CT molecular complexity index is 1540. The zero-order valence-electron chi connectivity index (χ0n) is 19.4. The molecule has 0 spiro atoms. The third kappa shape index (κ3) is 3.29. The number of imide groups is 1. The lowest BCUT2D eigenvalue weighted by Gasteiger charge is -2.34. The van der Waals surface area contributed by atoms with Crippen molar-refractivity contribution >= 4 is 35.2 Å². The van der Waals surface area contributed by atoms with Gasteiger partial charge in [-0.2, -0.15) is 5.10 Å². The van der Waals surface area contributed by atoms with Crippen LogP contribution in [0.1, 0.15) is 33.1 Å². The first-order valence-corrected chi connectivity index (χ1v) is 11.6. The first-order valence-electron chi connectivity index (χ1n) is 11.6. The molecule has 0 aromatic heterocycles. The minimum Gasteiger partial charge on any atom is -0.292 e. The quantitative estimate of drug-likeness (QED) is 0.234. The van der Waals surface area contributed by atoms with Crippen molar-refractivity contribution in [2.75, 3.05) is 4.90 Å². The topological polar surface area (TPSA) is 113 Å². The second-order valence-electron chi connectivity index (χ2n) is 9.31. The van der Waals surface area contributed by atoms with Crippen LogP contribution in [0.4, 0.5) is 15.8 Å². The highest BCUT2D eigenvalue weighted by molar-refractivity contribution is 6.25. The third-order valence-electron chi connectivity index (χ3n) is 7.32. The molecule has 0 radical (unpaired) electrons. The first-order chi connectivity index (χ1) is 17.8. The van der Waals surface area contributed by atoms with Gasteiger partial charge in [0.1, 0.15) is 11.9 Å². The SMILES string of the molecule is Cc1cc([N+](=O)[O-])ccc1N1C(=O)[C@@H]2[C@H](C1=O)[C@H]1c3ccccc3C=NN1[C@H]2C(=O)c1ccc(F)cc1. The fourth-order valence-corrected chi connectivity index (χ4v) is 5.69. The molecule has 0 unspecified atom stereocenters. The van der Waals surface area contributed by atoms with E-state index in [-0.39, 0.29) is 16.9 Å². The van der Waals surface area contributed by atoms with Gasteiger partial charge < -0.3 is 0 Å². The average Bonchev–Trinajstić information content (AvgIpc) is 3.36. The number of anilines is 1. The summed E-state index contributed by atoms with van der Waals surface area (Å²) in [5.74, 6) is -3.98. The Morgan fingerprint density at radius 1 is 1.00 bits per heavy atom. The van der Waals surface area contributed by atoms with Crippen LogP contribution < -0.4 is 4.90 Å². The lowest BCUT2D eigenvalue weighted by atomic mass is 9.83. The largest absolute Gasteiger partial charge is 0.292 e. The zero-order chi connectivity index (χ0) is 26.0. The maximum Gasteiger partial charge on any atom is 0.269 e. The van der Waals surface area contributed by atoms with E-state index >= 15 is 0 Å². The second kappa shape index (κ2) is 8.16. The van der Waals surface area contributed by atoms with Gasteiger partial charge in [-0.1, -0.05) is 24.3 Å². The number of Topliss-reactive ketones (excluding diaryl/α,β-unsaturated/α-hetero) is 1. The summed E-state index contributed by atoms with van der Waals surface area (Å²) in [6.45, 7) is 1.59. The molecule has 3 aromatic carbocycles. The molecular formula is C27H19FN4O5. The van der Waals surface area contributed by atoms with E-state index < -0.39 is 52.3 Å². The van der Waals surface area contributed by atoms with Crippen LogP contribution in [0.5, 0.6) is 0 Å². The van der Waals surface area contributed by atoms with Gasteiger partial charge >= 0.3 is 0 Å². The molecule has 184 valence electrons. The zero-order valence-corrected chi connectivity index (χ0v) is 19.4. The molecule has 3 aromatic rings. The summed E-state index contributed by atoms with van der Waals surface area (Å²) in [7, 11) is 0. The maximum absolute atomic E-state index is 13.9. The lowest BCUT2D eigenvalue weighted by molar-refractivity contribution is -0.384. The van der Waals surface area contributed by atoms with Crippen molar-refractivity contribution in [3.8, 4) is 0 Å². The van der Waals surface area contributed by atoms with E-state index in [9.17, 15) is 28.9 Å². The van der Waals surface area contributed by atoms with Gasteiger partial charge in [-0.25, -0.2) is 9.29 Å².